The maximum Gasteiger partial charge on any atom is 0.116 e. The van der Waals surface area contributed by atoms with Gasteiger partial charge >= 0.3 is 0 Å². The lowest BCUT2D eigenvalue weighted by Crippen LogP contribution is -1.90. The van der Waals surface area contributed by atoms with Crippen LogP contribution in [0.15, 0.2) is 17.3 Å². The molecule has 0 amide bonds. The van der Waals surface area contributed by atoms with Crippen molar-refractivity contribution < 1.29 is 0 Å². The summed E-state index contributed by atoms with van der Waals surface area (Å²) in [5.41, 5.74) is 0.589. The van der Waals surface area contributed by atoms with Crippen molar-refractivity contribution in [1.82, 2.24) is 0 Å². The zero-order chi connectivity index (χ0) is 10.0. The first-order valence-corrected chi connectivity index (χ1v) is 4.66. The molecule has 70 valence electrons. The van der Waals surface area contributed by atoms with E-state index in [0.29, 0.717) is 20.6 Å². The fraction of sp³-hybridized carbons (Fsp3) is 0.250. The molecule has 0 saturated carbocycles. The zero-order valence-corrected chi connectivity index (χ0v) is 8.99. The summed E-state index contributed by atoms with van der Waals surface area (Å²) in [4.78, 5) is 10.3. The highest BCUT2D eigenvalue weighted by molar-refractivity contribution is 6.43. The summed E-state index contributed by atoms with van der Waals surface area (Å²) in [6, 6.07) is 2.54. The van der Waals surface area contributed by atoms with Crippen molar-refractivity contribution in [2.45, 2.75) is 13.0 Å². The Hall–Kier alpha value is -0.310. The summed E-state index contributed by atoms with van der Waals surface area (Å²) in [7, 11) is 0. The smallest absolute Gasteiger partial charge is 0.116 e. The average molecular weight is 239 g/mol. The molecule has 1 unspecified atom stereocenters. The van der Waals surface area contributed by atoms with Gasteiger partial charge in [-0.2, -0.15) is 4.91 Å². The van der Waals surface area contributed by atoms with Gasteiger partial charge in [0.2, 0.25) is 0 Å². The van der Waals surface area contributed by atoms with Crippen LogP contribution in [0, 0.1) is 4.91 Å². The first-order chi connectivity index (χ1) is 6.06. The van der Waals surface area contributed by atoms with Crippen molar-refractivity contribution >= 4 is 34.8 Å². The molecule has 1 rings (SSSR count). The number of benzene rings is 1. The molecule has 1 aromatic carbocycles. The lowest BCUT2D eigenvalue weighted by molar-refractivity contribution is 0.812. The molecule has 1 aromatic rings. The van der Waals surface area contributed by atoms with Crippen LogP contribution < -0.4 is 0 Å². The summed E-state index contributed by atoms with van der Waals surface area (Å²) < 4.78 is 0. The van der Waals surface area contributed by atoms with Crippen LogP contribution in [-0.4, -0.2) is 0 Å². The van der Waals surface area contributed by atoms with E-state index in [0.717, 1.165) is 0 Å². The van der Waals surface area contributed by atoms with E-state index in [1.165, 1.54) is 6.07 Å². The fourth-order valence-corrected chi connectivity index (χ4v) is 1.63. The van der Waals surface area contributed by atoms with Crippen LogP contribution in [0.25, 0.3) is 0 Å². The molecule has 0 N–H and O–H groups in total. The summed E-state index contributed by atoms with van der Waals surface area (Å²) in [6.45, 7) is 1.64. The van der Waals surface area contributed by atoms with Crippen LogP contribution >= 0.6 is 34.8 Å². The summed E-state index contributed by atoms with van der Waals surface area (Å²) in [5.74, 6) is 0. The molecule has 0 spiro atoms. The van der Waals surface area contributed by atoms with Gasteiger partial charge in [-0.25, -0.2) is 0 Å². The van der Waals surface area contributed by atoms with E-state index in [9.17, 15) is 4.91 Å². The first-order valence-electron chi connectivity index (χ1n) is 3.53. The maximum atomic E-state index is 10.3. The monoisotopic (exact) mass is 237 g/mol. The normalized spacial score (nSPS) is 12.6. The van der Waals surface area contributed by atoms with E-state index in [4.69, 9.17) is 34.8 Å². The Labute approximate surface area is 90.8 Å². The van der Waals surface area contributed by atoms with Crippen molar-refractivity contribution in [2.75, 3.05) is 0 Å². The van der Waals surface area contributed by atoms with Crippen LogP contribution in [0.5, 0.6) is 0 Å². The summed E-state index contributed by atoms with van der Waals surface area (Å²) >= 11 is 17.3. The minimum atomic E-state index is -0.512. The van der Waals surface area contributed by atoms with Gasteiger partial charge in [0, 0.05) is 5.02 Å². The van der Waals surface area contributed by atoms with Crippen LogP contribution in [0.1, 0.15) is 18.5 Å². The van der Waals surface area contributed by atoms with Crippen LogP contribution in [0.2, 0.25) is 15.1 Å². The second-order valence-electron chi connectivity index (χ2n) is 2.57. The molecule has 0 fully saturated rings. The number of nitrogens with zero attached hydrogens (tertiary/aromatic N) is 1. The van der Waals surface area contributed by atoms with Crippen molar-refractivity contribution in [1.29, 1.82) is 0 Å². The number of hydrogen-bond donors (Lipinski definition) is 0. The van der Waals surface area contributed by atoms with Gasteiger partial charge in [0.15, 0.2) is 0 Å². The molecule has 0 saturated heterocycles. The lowest BCUT2D eigenvalue weighted by Gasteiger charge is -2.07. The molecular formula is C8H6Cl3NO. The Balaban J connectivity index is 3.22. The third-order valence-corrected chi connectivity index (χ3v) is 2.70. The highest BCUT2D eigenvalue weighted by atomic mass is 35.5. The number of hydrogen-bond acceptors (Lipinski definition) is 2. The fourth-order valence-electron chi connectivity index (χ4n) is 0.915. The molecule has 0 aliphatic rings. The summed E-state index contributed by atoms with van der Waals surface area (Å²) in [6.07, 6.45) is 0. The predicted molar refractivity (Wildman–Crippen MR) is 55.7 cm³/mol. The Morgan fingerprint density at radius 1 is 1.15 bits per heavy atom. The maximum absolute atomic E-state index is 10.3. The molecule has 1 atom stereocenters. The van der Waals surface area contributed by atoms with Crippen molar-refractivity contribution in [2.24, 2.45) is 5.18 Å². The number of nitroso groups, excluding NO2 is 1. The molecule has 5 heteroatoms. The standard InChI is InChI=1S/C8H6Cl3NO/c1-4(12-13)5-2-7(10)8(11)3-6(5)9/h2-4H,1H3. The second-order valence-corrected chi connectivity index (χ2v) is 3.79. The highest BCUT2D eigenvalue weighted by Crippen LogP contribution is 2.33. The lowest BCUT2D eigenvalue weighted by atomic mass is 10.1. The van der Waals surface area contributed by atoms with E-state index in [2.05, 4.69) is 5.18 Å². The van der Waals surface area contributed by atoms with E-state index in [1.807, 2.05) is 0 Å². The second kappa shape index (κ2) is 4.27. The van der Waals surface area contributed by atoms with Gasteiger partial charge in [-0.05, 0) is 24.6 Å². The van der Waals surface area contributed by atoms with E-state index in [1.54, 1.807) is 13.0 Å². The first kappa shape index (κ1) is 10.8. The van der Waals surface area contributed by atoms with Gasteiger partial charge in [-0.15, -0.1) is 0 Å². The molecule has 2 nitrogen and oxygen atoms in total. The van der Waals surface area contributed by atoms with Gasteiger partial charge in [0.05, 0.1) is 10.0 Å². The largest absolute Gasteiger partial charge is 0.150 e. The van der Waals surface area contributed by atoms with E-state index >= 15 is 0 Å². The molecule has 0 aromatic heterocycles. The number of halogens is 3. The Bertz CT molecular complexity index is 340. The SMILES string of the molecule is CC(N=O)c1cc(Cl)c(Cl)cc1Cl. The van der Waals surface area contributed by atoms with Crippen LogP contribution in [-0.2, 0) is 0 Å². The highest BCUT2D eigenvalue weighted by Gasteiger charge is 2.12. The van der Waals surface area contributed by atoms with Crippen molar-refractivity contribution in [3.8, 4) is 0 Å². The van der Waals surface area contributed by atoms with Gasteiger partial charge in [-0.3, -0.25) is 0 Å². The molecular weight excluding hydrogens is 232 g/mol. The Kier molecular flexibility index (Phi) is 3.54. The van der Waals surface area contributed by atoms with E-state index < -0.39 is 6.04 Å². The minimum Gasteiger partial charge on any atom is -0.150 e. The van der Waals surface area contributed by atoms with Gasteiger partial charge in [0.25, 0.3) is 0 Å². The zero-order valence-electron chi connectivity index (χ0n) is 6.72. The Morgan fingerprint density at radius 3 is 2.23 bits per heavy atom. The van der Waals surface area contributed by atoms with Crippen molar-refractivity contribution in [3.63, 3.8) is 0 Å². The molecule has 13 heavy (non-hydrogen) atoms. The quantitative estimate of drug-likeness (QED) is 0.552. The molecule has 0 heterocycles. The molecule has 0 radical (unpaired) electrons. The topological polar surface area (TPSA) is 29.4 Å². The van der Waals surface area contributed by atoms with E-state index in [-0.39, 0.29) is 0 Å². The summed E-state index contributed by atoms with van der Waals surface area (Å²) in [5, 5.41) is 4.00. The van der Waals surface area contributed by atoms with Crippen LogP contribution in [0.3, 0.4) is 0 Å². The average Bonchev–Trinajstić information content (AvgIpc) is 2.10. The third kappa shape index (κ3) is 2.33. The molecule has 0 aliphatic carbocycles. The Morgan fingerprint density at radius 2 is 1.69 bits per heavy atom. The van der Waals surface area contributed by atoms with Gasteiger partial charge in [0.1, 0.15) is 6.04 Å². The molecule has 0 aliphatic heterocycles. The van der Waals surface area contributed by atoms with Gasteiger partial charge in [-0.1, -0.05) is 40.0 Å². The minimum absolute atomic E-state index is 0.369. The van der Waals surface area contributed by atoms with Crippen LogP contribution in [0.4, 0.5) is 0 Å². The van der Waals surface area contributed by atoms with Crippen molar-refractivity contribution in [3.05, 3.63) is 37.7 Å². The molecule has 0 bridgehead atoms. The number of rotatable bonds is 2. The van der Waals surface area contributed by atoms with Gasteiger partial charge < -0.3 is 0 Å². The third-order valence-electron chi connectivity index (χ3n) is 1.65. The predicted octanol–water partition coefficient (Wildman–Crippen LogP) is 4.47.